The highest BCUT2D eigenvalue weighted by atomic mass is 16.5. The van der Waals surface area contributed by atoms with Crippen LogP contribution in [0.2, 0.25) is 0 Å². The first-order chi connectivity index (χ1) is 14.1. The van der Waals surface area contributed by atoms with Crippen LogP contribution < -0.4 is 4.74 Å². The summed E-state index contributed by atoms with van der Waals surface area (Å²) >= 11 is 0. The molecule has 29 heavy (non-hydrogen) atoms. The van der Waals surface area contributed by atoms with Crippen molar-refractivity contribution in [2.75, 3.05) is 19.7 Å². The summed E-state index contributed by atoms with van der Waals surface area (Å²) in [7, 11) is 0. The highest BCUT2D eigenvalue weighted by Crippen LogP contribution is 2.33. The fourth-order valence-corrected chi connectivity index (χ4v) is 3.45. The fraction of sp³-hybridized carbons (Fsp3) is 0.250. The molecule has 0 radical (unpaired) electrons. The van der Waals surface area contributed by atoms with Crippen LogP contribution in [0.5, 0.6) is 5.75 Å². The Hall–Kier alpha value is -3.34. The van der Waals surface area contributed by atoms with Crippen LogP contribution in [0, 0.1) is 0 Å². The van der Waals surface area contributed by atoms with Crippen molar-refractivity contribution in [1.29, 1.82) is 0 Å². The minimum absolute atomic E-state index is 0.185. The van der Waals surface area contributed by atoms with Gasteiger partial charge < -0.3 is 9.64 Å². The Morgan fingerprint density at radius 2 is 1.69 bits per heavy atom. The van der Waals surface area contributed by atoms with Crippen LogP contribution in [0.1, 0.15) is 25.0 Å². The van der Waals surface area contributed by atoms with Gasteiger partial charge in [-0.1, -0.05) is 48.5 Å². The Labute approximate surface area is 171 Å². The molecule has 0 saturated heterocycles. The summed E-state index contributed by atoms with van der Waals surface area (Å²) in [4.78, 5) is 29.5. The quantitative estimate of drug-likeness (QED) is 0.482. The smallest absolute Gasteiger partial charge is 0.278 e. The average Bonchev–Trinajstić information content (AvgIpc) is 2.99. The molecule has 0 spiro atoms. The molecule has 0 aliphatic carbocycles. The Bertz CT molecular complexity index is 917. The van der Waals surface area contributed by atoms with E-state index in [1.54, 1.807) is 6.08 Å². The van der Waals surface area contributed by atoms with Gasteiger partial charge in [0.2, 0.25) is 0 Å². The Kier molecular flexibility index (Phi) is 6.50. The largest absolute Gasteiger partial charge is 0.494 e. The molecule has 0 unspecified atom stereocenters. The first kappa shape index (κ1) is 20.4. The van der Waals surface area contributed by atoms with E-state index in [2.05, 4.69) is 6.58 Å². The molecule has 0 fully saturated rings. The van der Waals surface area contributed by atoms with Crippen LogP contribution in [0.3, 0.4) is 0 Å². The van der Waals surface area contributed by atoms with E-state index in [1.807, 2.05) is 73.3 Å². The zero-order chi connectivity index (χ0) is 20.8. The molecule has 0 atom stereocenters. The van der Waals surface area contributed by atoms with Crippen LogP contribution in [0.4, 0.5) is 0 Å². The van der Waals surface area contributed by atoms with Crippen molar-refractivity contribution in [2.24, 2.45) is 0 Å². The first-order valence-electron chi connectivity index (χ1n) is 9.84. The molecule has 2 aromatic rings. The third-order valence-electron chi connectivity index (χ3n) is 4.82. The lowest BCUT2D eigenvalue weighted by molar-refractivity contribution is -0.136. The SMILES string of the molecule is C=CCN1C(=O)C(c2ccc(OCC)cc2)=C(N(CC)Cc2ccccc2)C1=O. The molecule has 1 aliphatic heterocycles. The van der Waals surface area contributed by atoms with Crippen molar-refractivity contribution in [3.8, 4) is 5.75 Å². The molecule has 0 aromatic heterocycles. The number of carbonyl (C=O) groups excluding carboxylic acids is 2. The van der Waals surface area contributed by atoms with Crippen molar-refractivity contribution >= 4 is 17.4 Å². The highest BCUT2D eigenvalue weighted by Gasteiger charge is 2.40. The molecule has 2 aromatic carbocycles. The van der Waals surface area contributed by atoms with Crippen LogP contribution >= 0.6 is 0 Å². The number of carbonyl (C=O) groups is 2. The molecule has 5 heteroatoms. The molecule has 0 N–H and O–H groups in total. The summed E-state index contributed by atoms with van der Waals surface area (Å²) < 4.78 is 5.50. The lowest BCUT2D eigenvalue weighted by Crippen LogP contribution is -2.35. The van der Waals surface area contributed by atoms with Crippen LogP contribution in [0.15, 0.2) is 72.9 Å². The van der Waals surface area contributed by atoms with Gasteiger partial charge in [0.05, 0.1) is 12.2 Å². The fourth-order valence-electron chi connectivity index (χ4n) is 3.45. The number of likely N-dealkylation sites (N-methyl/N-ethyl adjacent to an activating group) is 1. The second kappa shape index (κ2) is 9.24. The molecule has 0 bridgehead atoms. The summed E-state index contributed by atoms with van der Waals surface area (Å²) in [5.41, 5.74) is 2.65. The molecule has 150 valence electrons. The predicted molar refractivity (Wildman–Crippen MR) is 114 cm³/mol. The summed E-state index contributed by atoms with van der Waals surface area (Å²) in [6.07, 6.45) is 1.57. The van der Waals surface area contributed by atoms with Gasteiger partial charge in [-0.15, -0.1) is 6.58 Å². The van der Waals surface area contributed by atoms with E-state index in [0.717, 1.165) is 11.3 Å². The van der Waals surface area contributed by atoms with Gasteiger partial charge in [0.25, 0.3) is 11.8 Å². The maximum Gasteiger partial charge on any atom is 0.278 e. The van der Waals surface area contributed by atoms with Crippen LogP contribution in [-0.2, 0) is 16.1 Å². The minimum atomic E-state index is -0.291. The van der Waals surface area contributed by atoms with E-state index < -0.39 is 0 Å². The molecular formula is C24H26N2O3. The molecule has 2 amide bonds. The number of nitrogens with zero attached hydrogens (tertiary/aromatic N) is 2. The molecule has 5 nitrogen and oxygen atoms in total. The lowest BCUT2D eigenvalue weighted by atomic mass is 10.0. The zero-order valence-corrected chi connectivity index (χ0v) is 16.9. The van der Waals surface area contributed by atoms with Gasteiger partial charge in [0, 0.05) is 19.6 Å². The third kappa shape index (κ3) is 4.24. The maximum atomic E-state index is 13.2. The standard InChI is InChI=1S/C24H26N2O3/c1-4-16-26-23(27)21(19-12-14-20(15-13-19)29-6-3)22(24(26)28)25(5-2)17-18-10-8-7-9-11-18/h4,7-15H,1,5-6,16-17H2,2-3H3. The summed E-state index contributed by atoms with van der Waals surface area (Å²) in [6, 6.07) is 17.2. The summed E-state index contributed by atoms with van der Waals surface area (Å²) in [5, 5.41) is 0. The van der Waals surface area contributed by atoms with E-state index in [1.165, 1.54) is 4.90 Å². The van der Waals surface area contributed by atoms with Crippen molar-refractivity contribution < 1.29 is 14.3 Å². The van der Waals surface area contributed by atoms with E-state index >= 15 is 0 Å². The summed E-state index contributed by atoms with van der Waals surface area (Å²) in [5.74, 6) is 0.159. The number of ether oxygens (including phenoxy) is 1. The Morgan fingerprint density at radius 3 is 2.28 bits per heavy atom. The molecule has 1 aliphatic rings. The normalized spacial score (nSPS) is 13.8. The topological polar surface area (TPSA) is 49.9 Å². The number of benzene rings is 2. The number of amides is 2. The third-order valence-corrected chi connectivity index (χ3v) is 4.82. The predicted octanol–water partition coefficient (Wildman–Crippen LogP) is 3.87. The summed E-state index contributed by atoms with van der Waals surface area (Å²) in [6.45, 7) is 9.50. The lowest BCUT2D eigenvalue weighted by Gasteiger charge is -2.24. The van der Waals surface area contributed by atoms with Crippen molar-refractivity contribution in [3.05, 3.63) is 84.1 Å². The average molecular weight is 390 g/mol. The second-order valence-electron chi connectivity index (χ2n) is 6.69. The van der Waals surface area contributed by atoms with Gasteiger partial charge in [-0.3, -0.25) is 14.5 Å². The van der Waals surface area contributed by atoms with Crippen LogP contribution in [-0.4, -0.2) is 41.3 Å². The van der Waals surface area contributed by atoms with E-state index in [0.29, 0.717) is 36.5 Å². The Morgan fingerprint density at radius 1 is 1.00 bits per heavy atom. The monoisotopic (exact) mass is 390 g/mol. The molecule has 3 rings (SSSR count). The van der Waals surface area contributed by atoms with Gasteiger partial charge in [-0.05, 0) is 37.1 Å². The molecule has 1 heterocycles. The highest BCUT2D eigenvalue weighted by molar-refractivity contribution is 6.35. The number of rotatable bonds is 9. The minimum Gasteiger partial charge on any atom is -0.494 e. The number of hydrogen-bond acceptors (Lipinski definition) is 4. The maximum absolute atomic E-state index is 13.2. The van der Waals surface area contributed by atoms with Gasteiger partial charge in [0.15, 0.2) is 0 Å². The Balaban J connectivity index is 2.05. The number of imide groups is 1. The van der Waals surface area contributed by atoms with Crippen molar-refractivity contribution in [3.63, 3.8) is 0 Å². The van der Waals surface area contributed by atoms with Gasteiger partial charge in [-0.2, -0.15) is 0 Å². The molecular weight excluding hydrogens is 364 g/mol. The van der Waals surface area contributed by atoms with E-state index in [4.69, 9.17) is 4.74 Å². The molecule has 0 saturated carbocycles. The van der Waals surface area contributed by atoms with Gasteiger partial charge in [-0.25, -0.2) is 0 Å². The second-order valence-corrected chi connectivity index (χ2v) is 6.69. The van der Waals surface area contributed by atoms with Crippen LogP contribution in [0.25, 0.3) is 5.57 Å². The van der Waals surface area contributed by atoms with E-state index in [-0.39, 0.29) is 18.4 Å². The van der Waals surface area contributed by atoms with Crippen molar-refractivity contribution in [1.82, 2.24) is 9.80 Å². The van der Waals surface area contributed by atoms with Gasteiger partial charge >= 0.3 is 0 Å². The van der Waals surface area contributed by atoms with Gasteiger partial charge in [0.1, 0.15) is 11.4 Å². The first-order valence-corrected chi connectivity index (χ1v) is 9.84. The number of hydrogen-bond donors (Lipinski definition) is 0. The van der Waals surface area contributed by atoms with Crippen molar-refractivity contribution in [2.45, 2.75) is 20.4 Å². The zero-order valence-electron chi connectivity index (χ0n) is 16.9. The van der Waals surface area contributed by atoms with E-state index in [9.17, 15) is 9.59 Å².